The molecule has 1 aromatic heterocycles. The van der Waals surface area contributed by atoms with E-state index in [1.165, 1.54) is 6.07 Å². The number of carbonyl (C=O) groups is 1. The zero-order chi connectivity index (χ0) is 16.9. The van der Waals surface area contributed by atoms with E-state index in [1.807, 2.05) is 24.0 Å². The normalized spacial score (nSPS) is 15.5. The van der Waals surface area contributed by atoms with Gasteiger partial charge >= 0.3 is 0 Å². The van der Waals surface area contributed by atoms with Crippen LogP contribution in [0.4, 0.5) is 4.39 Å². The molecule has 0 spiro atoms. The van der Waals surface area contributed by atoms with E-state index >= 15 is 0 Å². The van der Waals surface area contributed by atoms with E-state index in [0.29, 0.717) is 18.7 Å². The third kappa shape index (κ3) is 3.97. The summed E-state index contributed by atoms with van der Waals surface area (Å²) in [4.78, 5) is 21.0. The number of aromatic nitrogens is 1. The molecule has 0 N–H and O–H groups in total. The fourth-order valence-corrected chi connectivity index (χ4v) is 2.99. The molecule has 3 rings (SSSR count). The maximum absolute atomic E-state index is 13.3. The molecule has 0 bridgehead atoms. The number of rotatable bonds is 4. The first-order valence-corrected chi connectivity index (χ1v) is 8.36. The second-order valence-electron chi connectivity index (χ2n) is 6.09. The fraction of sp³-hybridized carbons (Fsp3) is 0.368. The molecule has 1 aliphatic heterocycles. The molecule has 2 aromatic rings. The summed E-state index contributed by atoms with van der Waals surface area (Å²) >= 11 is 0. The Labute approximate surface area is 141 Å². The Morgan fingerprint density at radius 2 is 1.96 bits per heavy atom. The summed E-state index contributed by atoms with van der Waals surface area (Å²) < 4.78 is 13.3. The van der Waals surface area contributed by atoms with E-state index < -0.39 is 0 Å². The Balaban J connectivity index is 1.57. The first kappa shape index (κ1) is 16.6. The van der Waals surface area contributed by atoms with Crippen LogP contribution in [-0.4, -0.2) is 46.9 Å². The van der Waals surface area contributed by atoms with Crippen LogP contribution >= 0.6 is 0 Å². The predicted octanol–water partition coefficient (Wildman–Crippen LogP) is 2.74. The molecule has 0 radical (unpaired) electrons. The van der Waals surface area contributed by atoms with E-state index in [0.717, 1.165) is 37.3 Å². The molecule has 2 heterocycles. The number of pyridine rings is 1. The number of aryl methyl sites for hydroxylation is 1. The summed E-state index contributed by atoms with van der Waals surface area (Å²) in [7, 11) is 0. The minimum absolute atomic E-state index is 0.0671. The van der Waals surface area contributed by atoms with Gasteiger partial charge in [0, 0.05) is 50.2 Å². The monoisotopic (exact) mass is 327 g/mol. The second-order valence-corrected chi connectivity index (χ2v) is 6.09. The summed E-state index contributed by atoms with van der Waals surface area (Å²) in [5.41, 5.74) is 2.61. The summed E-state index contributed by atoms with van der Waals surface area (Å²) in [6, 6.07) is 10.4. The first-order valence-electron chi connectivity index (χ1n) is 8.36. The van der Waals surface area contributed by atoms with Crippen LogP contribution < -0.4 is 0 Å². The summed E-state index contributed by atoms with van der Waals surface area (Å²) in [5, 5.41) is 0. The lowest BCUT2D eigenvalue weighted by molar-refractivity contribution is 0.0628. The molecule has 5 heteroatoms. The topological polar surface area (TPSA) is 36.4 Å². The van der Waals surface area contributed by atoms with E-state index in [9.17, 15) is 9.18 Å². The average molecular weight is 327 g/mol. The summed E-state index contributed by atoms with van der Waals surface area (Å²) in [6.07, 6.45) is 2.52. The standard InChI is InChI=1S/C19H22FN3O/c1-2-18-13-16(6-7-21-18)19(24)23-10-8-22(9-11-23)14-15-4-3-5-17(20)12-15/h3-7,12-13H,2,8-11,14H2,1H3. The van der Waals surface area contributed by atoms with Crippen molar-refractivity contribution in [1.82, 2.24) is 14.8 Å². The van der Waals surface area contributed by atoms with Crippen LogP contribution in [0.5, 0.6) is 0 Å². The number of benzene rings is 1. The van der Waals surface area contributed by atoms with Crippen molar-refractivity contribution in [2.75, 3.05) is 26.2 Å². The molecule has 0 aliphatic carbocycles. The van der Waals surface area contributed by atoms with Crippen LogP contribution in [0.1, 0.15) is 28.5 Å². The molecule has 126 valence electrons. The smallest absolute Gasteiger partial charge is 0.254 e. The second kappa shape index (κ2) is 7.53. The van der Waals surface area contributed by atoms with Gasteiger partial charge in [-0.3, -0.25) is 14.7 Å². The van der Waals surface area contributed by atoms with E-state index in [4.69, 9.17) is 0 Å². The van der Waals surface area contributed by atoms with Gasteiger partial charge in [-0.2, -0.15) is 0 Å². The molecule has 0 unspecified atom stereocenters. The maximum atomic E-state index is 13.3. The quantitative estimate of drug-likeness (QED) is 0.866. The molecule has 1 amide bonds. The van der Waals surface area contributed by atoms with Gasteiger partial charge in [0.1, 0.15) is 5.82 Å². The Kier molecular flexibility index (Phi) is 5.20. The number of nitrogens with zero attached hydrogens (tertiary/aromatic N) is 3. The van der Waals surface area contributed by atoms with Gasteiger partial charge in [-0.15, -0.1) is 0 Å². The molecular formula is C19H22FN3O. The zero-order valence-electron chi connectivity index (χ0n) is 13.9. The fourth-order valence-electron chi connectivity index (χ4n) is 2.99. The van der Waals surface area contributed by atoms with Crippen molar-refractivity contribution in [2.45, 2.75) is 19.9 Å². The lowest BCUT2D eigenvalue weighted by Crippen LogP contribution is -2.48. The van der Waals surface area contributed by atoms with Crippen molar-refractivity contribution < 1.29 is 9.18 Å². The SMILES string of the molecule is CCc1cc(C(=O)N2CCN(Cc3cccc(F)c3)CC2)ccn1. The van der Waals surface area contributed by atoms with Crippen molar-refractivity contribution in [2.24, 2.45) is 0 Å². The van der Waals surface area contributed by atoms with E-state index in [2.05, 4.69) is 9.88 Å². The van der Waals surface area contributed by atoms with Gasteiger partial charge in [0.2, 0.25) is 0 Å². The van der Waals surface area contributed by atoms with Gasteiger partial charge in [0.05, 0.1) is 0 Å². The van der Waals surface area contributed by atoms with Crippen molar-refractivity contribution in [1.29, 1.82) is 0 Å². The van der Waals surface area contributed by atoms with Crippen LogP contribution in [0.2, 0.25) is 0 Å². The number of hydrogen-bond acceptors (Lipinski definition) is 3. The highest BCUT2D eigenvalue weighted by atomic mass is 19.1. The lowest BCUT2D eigenvalue weighted by atomic mass is 10.1. The molecule has 1 fully saturated rings. The van der Waals surface area contributed by atoms with Crippen LogP contribution in [0.3, 0.4) is 0 Å². The largest absolute Gasteiger partial charge is 0.336 e. The van der Waals surface area contributed by atoms with Gasteiger partial charge in [-0.1, -0.05) is 19.1 Å². The molecule has 4 nitrogen and oxygen atoms in total. The predicted molar refractivity (Wildman–Crippen MR) is 91.2 cm³/mol. The third-order valence-electron chi connectivity index (χ3n) is 4.38. The average Bonchev–Trinajstić information content (AvgIpc) is 2.62. The molecule has 24 heavy (non-hydrogen) atoms. The highest BCUT2D eigenvalue weighted by Gasteiger charge is 2.22. The van der Waals surface area contributed by atoms with Crippen LogP contribution in [0, 0.1) is 5.82 Å². The van der Waals surface area contributed by atoms with E-state index in [-0.39, 0.29) is 11.7 Å². The maximum Gasteiger partial charge on any atom is 0.254 e. The number of piperazine rings is 1. The Morgan fingerprint density at radius 1 is 1.17 bits per heavy atom. The summed E-state index contributed by atoms with van der Waals surface area (Å²) in [5.74, 6) is -0.136. The lowest BCUT2D eigenvalue weighted by Gasteiger charge is -2.34. The number of amides is 1. The van der Waals surface area contributed by atoms with Crippen molar-refractivity contribution >= 4 is 5.91 Å². The third-order valence-corrected chi connectivity index (χ3v) is 4.38. The number of carbonyl (C=O) groups excluding carboxylic acids is 1. The van der Waals surface area contributed by atoms with E-state index in [1.54, 1.807) is 24.4 Å². The highest BCUT2D eigenvalue weighted by Crippen LogP contribution is 2.13. The molecule has 0 atom stereocenters. The number of hydrogen-bond donors (Lipinski definition) is 0. The van der Waals surface area contributed by atoms with Gasteiger partial charge in [-0.25, -0.2) is 4.39 Å². The minimum Gasteiger partial charge on any atom is -0.336 e. The molecule has 1 aliphatic rings. The molecular weight excluding hydrogens is 305 g/mol. The van der Waals surface area contributed by atoms with Crippen LogP contribution in [-0.2, 0) is 13.0 Å². The Bertz CT molecular complexity index is 711. The molecule has 0 saturated carbocycles. The minimum atomic E-state index is -0.203. The van der Waals surface area contributed by atoms with Crippen LogP contribution in [0.25, 0.3) is 0 Å². The van der Waals surface area contributed by atoms with Crippen molar-refractivity contribution in [3.05, 3.63) is 65.2 Å². The molecule has 1 saturated heterocycles. The Hall–Kier alpha value is -2.27. The highest BCUT2D eigenvalue weighted by molar-refractivity contribution is 5.94. The summed E-state index contributed by atoms with van der Waals surface area (Å²) in [6.45, 7) is 5.73. The van der Waals surface area contributed by atoms with Gasteiger partial charge in [0.15, 0.2) is 0 Å². The van der Waals surface area contributed by atoms with Gasteiger partial charge in [0.25, 0.3) is 5.91 Å². The van der Waals surface area contributed by atoms with Gasteiger partial charge in [-0.05, 0) is 36.2 Å². The van der Waals surface area contributed by atoms with Crippen molar-refractivity contribution in [3.8, 4) is 0 Å². The Morgan fingerprint density at radius 3 is 2.67 bits per heavy atom. The van der Waals surface area contributed by atoms with Crippen molar-refractivity contribution in [3.63, 3.8) is 0 Å². The van der Waals surface area contributed by atoms with Crippen LogP contribution in [0.15, 0.2) is 42.6 Å². The zero-order valence-corrected chi connectivity index (χ0v) is 13.9. The number of halogens is 1. The first-order chi connectivity index (χ1) is 11.7. The van der Waals surface area contributed by atoms with Gasteiger partial charge < -0.3 is 4.90 Å². The molecule has 1 aromatic carbocycles.